The number of sulfonamides is 1. The molecule has 0 saturated carbocycles. The third-order valence-electron chi connectivity index (χ3n) is 2.66. The normalized spacial score (nSPS) is 11.7. The monoisotopic (exact) mass is 284 g/mol. The van der Waals surface area contributed by atoms with Crippen molar-refractivity contribution in [3.63, 3.8) is 0 Å². The van der Waals surface area contributed by atoms with E-state index >= 15 is 0 Å². The van der Waals surface area contributed by atoms with E-state index < -0.39 is 15.9 Å². The molecule has 0 spiro atoms. The second kappa shape index (κ2) is 7.25. The Morgan fingerprint density at radius 1 is 1.26 bits per heavy atom. The number of rotatable bonds is 8. The van der Waals surface area contributed by atoms with Crippen molar-refractivity contribution in [1.29, 1.82) is 0 Å². The molecule has 1 amide bonds. The Morgan fingerprint density at radius 3 is 2.42 bits per heavy atom. The summed E-state index contributed by atoms with van der Waals surface area (Å²) in [6.07, 6.45) is 0.583. The number of nitrogens with zero attached hydrogens (tertiary/aromatic N) is 1. The second-order valence-corrected chi connectivity index (χ2v) is 6.44. The number of amides is 1. The van der Waals surface area contributed by atoms with Gasteiger partial charge in [-0.15, -0.1) is 0 Å². The van der Waals surface area contributed by atoms with Gasteiger partial charge in [-0.05, 0) is 12.0 Å². The van der Waals surface area contributed by atoms with Crippen LogP contribution in [0.15, 0.2) is 30.3 Å². The molecule has 0 aliphatic carbocycles. The largest absolute Gasteiger partial charge is 0.370 e. The first-order chi connectivity index (χ1) is 8.95. The molecular weight excluding hydrogens is 264 g/mol. The van der Waals surface area contributed by atoms with E-state index in [9.17, 15) is 13.2 Å². The molecule has 5 nitrogen and oxygen atoms in total. The second-order valence-electron chi connectivity index (χ2n) is 4.35. The number of nitrogens with two attached hydrogens (primary N) is 1. The van der Waals surface area contributed by atoms with Crippen LogP contribution >= 0.6 is 0 Å². The zero-order valence-corrected chi connectivity index (χ0v) is 11.9. The van der Waals surface area contributed by atoms with Crippen molar-refractivity contribution in [2.45, 2.75) is 26.3 Å². The number of primary amides is 1. The molecule has 0 aliphatic rings. The molecule has 0 atom stereocenters. The highest BCUT2D eigenvalue weighted by atomic mass is 32.2. The van der Waals surface area contributed by atoms with Gasteiger partial charge in [0.05, 0.1) is 5.75 Å². The third kappa shape index (κ3) is 5.40. The summed E-state index contributed by atoms with van der Waals surface area (Å²) in [7, 11) is -3.34. The van der Waals surface area contributed by atoms with E-state index in [1.807, 2.05) is 37.3 Å². The molecule has 106 valence electrons. The summed E-state index contributed by atoms with van der Waals surface area (Å²) in [5.41, 5.74) is 5.99. The van der Waals surface area contributed by atoms with Crippen LogP contribution in [0.25, 0.3) is 0 Å². The zero-order chi connectivity index (χ0) is 14.3. The lowest BCUT2D eigenvalue weighted by Crippen LogP contribution is -2.35. The topological polar surface area (TPSA) is 80.5 Å². The van der Waals surface area contributed by atoms with Gasteiger partial charge in [-0.1, -0.05) is 37.3 Å². The first kappa shape index (κ1) is 15.7. The van der Waals surface area contributed by atoms with Gasteiger partial charge in [-0.3, -0.25) is 4.79 Å². The van der Waals surface area contributed by atoms with Crippen molar-refractivity contribution < 1.29 is 13.2 Å². The van der Waals surface area contributed by atoms with E-state index in [1.165, 1.54) is 4.31 Å². The fraction of sp³-hybridized carbons (Fsp3) is 0.462. The molecular formula is C13H20N2O3S. The lowest BCUT2D eigenvalue weighted by molar-refractivity contribution is -0.118. The zero-order valence-electron chi connectivity index (χ0n) is 11.1. The predicted octanol–water partition coefficient (Wildman–Crippen LogP) is 1.10. The van der Waals surface area contributed by atoms with Crippen LogP contribution in [0, 0.1) is 0 Å². The highest BCUT2D eigenvalue weighted by molar-refractivity contribution is 7.89. The molecule has 0 aliphatic heterocycles. The number of hydrogen-bond acceptors (Lipinski definition) is 3. The minimum Gasteiger partial charge on any atom is -0.370 e. The summed E-state index contributed by atoms with van der Waals surface area (Å²) in [5.74, 6) is -0.414. The molecule has 19 heavy (non-hydrogen) atoms. The standard InChI is InChI=1S/C13H20N2O3S/c1-2-10-19(17,18)15(9-8-13(14)16)11-12-6-4-3-5-7-12/h3-7H,2,8-11H2,1H3,(H2,14,16). The quantitative estimate of drug-likeness (QED) is 0.776. The van der Waals surface area contributed by atoms with Crippen LogP contribution in [0.3, 0.4) is 0 Å². The van der Waals surface area contributed by atoms with E-state index in [-0.39, 0.29) is 25.3 Å². The van der Waals surface area contributed by atoms with Gasteiger partial charge >= 0.3 is 0 Å². The Labute approximate surface area is 114 Å². The lowest BCUT2D eigenvalue weighted by atomic mass is 10.2. The van der Waals surface area contributed by atoms with Crippen LogP contribution in [0.4, 0.5) is 0 Å². The number of carbonyl (C=O) groups excluding carboxylic acids is 1. The van der Waals surface area contributed by atoms with Crippen LogP contribution in [0.1, 0.15) is 25.3 Å². The molecule has 1 aromatic carbocycles. The molecule has 0 bridgehead atoms. The molecule has 0 radical (unpaired) electrons. The maximum atomic E-state index is 12.1. The van der Waals surface area contributed by atoms with Gasteiger partial charge < -0.3 is 5.73 Å². The average molecular weight is 284 g/mol. The van der Waals surface area contributed by atoms with Gasteiger partial charge in [-0.2, -0.15) is 4.31 Å². The molecule has 0 fully saturated rings. The van der Waals surface area contributed by atoms with Gasteiger partial charge in [0.1, 0.15) is 0 Å². The number of benzene rings is 1. The SMILES string of the molecule is CCCS(=O)(=O)N(CCC(N)=O)Cc1ccccc1. The molecule has 1 rings (SSSR count). The predicted molar refractivity (Wildman–Crippen MR) is 74.7 cm³/mol. The molecule has 0 heterocycles. The fourth-order valence-electron chi connectivity index (χ4n) is 1.73. The number of hydrogen-bond donors (Lipinski definition) is 1. The molecule has 2 N–H and O–H groups in total. The summed E-state index contributed by atoms with van der Waals surface area (Å²) in [4.78, 5) is 10.8. The van der Waals surface area contributed by atoms with Crippen LogP contribution < -0.4 is 5.73 Å². The third-order valence-corrected chi connectivity index (χ3v) is 4.69. The van der Waals surface area contributed by atoms with Crippen molar-refractivity contribution in [2.75, 3.05) is 12.3 Å². The Kier molecular flexibility index (Phi) is 5.98. The number of carbonyl (C=O) groups is 1. The Bertz CT molecular complexity index is 500. The minimum absolute atomic E-state index is 0.0375. The van der Waals surface area contributed by atoms with Crippen molar-refractivity contribution >= 4 is 15.9 Å². The average Bonchev–Trinajstić information content (AvgIpc) is 2.35. The highest BCUT2D eigenvalue weighted by Gasteiger charge is 2.21. The van der Waals surface area contributed by atoms with Crippen molar-refractivity contribution in [2.24, 2.45) is 5.73 Å². The summed E-state index contributed by atoms with van der Waals surface area (Å²) < 4.78 is 25.6. The maximum absolute atomic E-state index is 12.1. The van der Waals surface area contributed by atoms with Gasteiger partial charge in [0.15, 0.2) is 0 Å². The Balaban J connectivity index is 2.83. The highest BCUT2D eigenvalue weighted by Crippen LogP contribution is 2.11. The van der Waals surface area contributed by atoms with Crippen molar-refractivity contribution in [3.8, 4) is 0 Å². The first-order valence-corrected chi connectivity index (χ1v) is 7.86. The fourth-order valence-corrected chi connectivity index (χ4v) is 3.21. The Hall–Kier alpha value is -1.40. The molecule has 1 aromatic rings. The molecule has 0 unspecified atom stereocenters. The van der Waals surface area contributed by atoms with Gasteiger partial charge in [-0.25, -0.2) is 8.42 Å². The minimum atomic E-state index is -3.34. The first-order valence-electron chi connectivity index (χ1n) is 6.25. The molecule has 0 saturated heterocycles. The van der Waals surface area contributed by atoms with E-state index in [0.29, 0.717) is 6.42 Å². The van der Waals surface area contributed by atoms with Crippen LogP contribution in [0.5, 0.6) is 0 Å². The van der Waals surface area contributed by atoms with Crippen molar-refractivity contribution in [1.82, 2.24) is 4.31 Å². The van der Waals surface area contributed by atoms with Crippen LogP contribution in [-0.4, -0.2) is 30.9 Å². The van der Waals surface area contributed by atoms with E-state index in [2.05, 4.69) is 0 Å². The van der Waals surface area contributed by atoms with E-state index in [0.717, 1.165) is 5.56 Å². The Morgan fingerprint density at radius 2 is 1.89 bits per heavy atom. The molecule has 0 aromatic heterocycles. The summed E-state index contributed by atoms with van der Waals surface area (Å²) >= 11 is 0. The summed E-state index contributed by atoms with van der Waals surface area (Å²) in [5, 5.41) is 0. The van der Waals surface area contributed by atoms with Gasteiger partial charge in [0.25, 0.3) is 0 Å². The van der Waals surface area contributed by atoms with Crippen molar-refractivity contribution in [3.05, 3.63) is 35.9 Å². The maximum Gasteiger partial charge on any atom is 0.218 e. The van der Waals surface area contributed by atoms with Gasteiger partial charge in [0.2, 0.25) is 15.9 Å². The van der Waals surface area contributed by atoms with Crippen LogP contribution in [-0.2, 0) is 21.4 Å². The van der Waals surface area contributed by atoms with E-state index in [1.54, 1.807) is 0 Å². The van der Waals surface area contributed by atoms with E-state index in [4.69, 9.17) is 5.73 Å². The smallest absolute Gasteiger partial charge is 0.218 e. The summed E-state index contributed by atoms with van der Waals surface area (Å²) in [6.45, 7) is 2.22. The van der Waals surface area contributed by atoms with Crippen LogP contribution in [0.2, 0.25) is 0 Å². The molecule has 6 heteroatoms. The summed E-state index contributed by atoms with van der Waals surface area (Å²) in [6, 6.07) is 9.30. The lowest BCUT2D eigenvalue weighted by Gasteiger charge is -2.21. The van der Waals surface area contributed by atoms with Gasteiger partial charge in [0, 0.05) is 19.5 Å².